The number of nitrogens with one attached hydrogen (secondary N) is 1. The minimum atomic E-state index is -0.286. The average Bonchev–Trinajstić information content (AvgIpc) is 2.81. The van der Waals surface area contributed by atoms with Crippen molar-refractivity contribution in [1.29, 1.82) is 0 Å². The van der Waals surface area contributed by atoms with Crippen LogP contribution in [0.2, 0.25) is 0 Å². The highest BCUT2D eigenvalue weighted by molar-refractivity contribution is 5.92. The minimum absolute atomic E-state index is 0.226. The Kier molecular flexibility index (Phi) is 7.62. The Balaban J connectivity index is 0.00000124. The molecule has 1 spiro atoms. The maximum absolute atomic E-state index is 12.4. The van der Waals surface area contributed by atoms with Crippen molar-refractivity contribution in [1.82, 2.24) is 15.2 Å². The van der Waals surface area contributed by atoms with E-state index in [1.54, 1.807) is 0 Å². The first-order valence-electron chi connectivity index (χ1n) is 11.3. The molecule has 30 heavy (non-hydrogen) atoms. The van der Waals surface area contributed by atoms with Gasteiger partial charge >= 0.3 is 0 Å². The van der Waals surface area contributed by atoms with Gasteiger partial charge in [-0.25, -0.2) is 0 Å². The van der Waals surface area contributed by atoms with Crippen molar-refractivity contribution in [2.75, 3.05) is 26.4 Å². The molecule has 1 atom stereocenters. The zero-order valence-corrected chi connectivity index (χ0v) is 18.5. The lowest BCUT2D eigenvalue weighted by atomic mass is 9.62. The van der Waals surface area contributed by atoms with E-state index in [2.05, 4.69) is 34.6 Å². The molecule has 162 valence electrons. The predicted molar refractivity (Wildman–Crippen MR) is 121 cm³/mol. The van der Waals surface area contributed by atoms with Gasteiger partial charge in [0.25, 0.3) is 5.91 Å². The molecule has 0 radical (unpaired) electrons. The molecule has 2 aromatic rings. The van der Waals surface area contributed by atoms with Crippen molar-refractivity contribution in [3.8, 4) is 0 Å². The zero-order valence-electron chi connectivity index (χ0n) is 18.5. The number of rotatable bonds is 4. The molecule has 1 unspecified atom stereocenters. The normalized spacial score (nSPS) is 19.4. The molecule has 1 aliphatic carbocycles. The van der Waals surface area contributed by atoms with Crippen molar-refractivity contribution in [2.45, 2.75) is 52.4 Å². The van der Waals surface area contributed by atoms with Gasteiger partial charge in [0.05, 0.1) is 0 Å². The smallest absolute Gasteiger partial charge is 0.274 e. The van der Waals surface area contributed by atoms with E-state index in [-0.39, 0.29) is 12.6 Å². The van der Waals surface area contributed by atoms with E-state index < -0.39 is 0 Å². The van der Waals surface area contributed by atoms with Crippen molar-refractivity contribution < 1.29 is 9.90 Å². The van der Waals surface area contributed by atoms with Crippen LogP contribution in [0.5, 0.6) is 0 Å². The SMILES string of the molecule is CC.CCN(CO)C(=O)c1ccc(C2CC3(CCNCC3)Cc3ccccc32)cn1. The molecule has 2 aliphatic rings. The largest absolute Gasteiger partial charge is 0.376 e. The molecule has 0 bridgehead atoms. The van der Waals surface area contributed by atoms with Gasteiger partial charge in [0.1, 0.15) is 12.4 Å². The molecular weight excluding hydrogens is 374 g/mol. The third kappa shape index (κ3) is 4.57. The highest BCUT2D eigenvalue weighted by Crippen LogP contribution is 2.49. The van der Waals surface area contributed by atoms with Gasteiger partial charge in [0.2, 0.25) is 0 Å². The number of hydrogen-bond acceptors (Lipinski definition) is 4. The van der Waals surface area contributed by atoms with Crippen molar-refractivity contribution >= 4 is 5.91 Å². The third-order valence-electron chi connectivity index (χ3n) is 6.54. The van der Waals surface area contributed by atoms with E-state index in [4.69, 9.17) is 0 Å². The van der Waals surface area contributed by atoms with Crippen LogP contribution in [0, 0.1) is 5.41 Å². The molecule has 1 aromatic heterocycles. The topological polar surface area (TPSA) is 65.5 Å². The van der Waals surface area contributed by atoms with E-state index >= 15 is 0 Å². The lowest BCUT2D eigenvalue weighted by Gasteiger charge is -2.45. The number of hydrogen-bond donors (Lipinski definition) is 2. The van der Waals surface area contributed by atoms with Crippen LogP contribution in [0.4, 0.5) is 0 Å². The Bertz CT molecular complexity index is 825. The van der Waals surface area contributed by atoms with Gasteiger partial charge in [-0.2, -0.15) is 0 Å². The molecule has 4 rings (SSSR count). The van der Waals surface area contributed by atoms with Crippen LogP contribution in [0.25, 0.3) is 0 Å². The number of aliphatic hydroxyl groups excluding tert-OH is 1. The number of carbonyl (C=O) groups excluding carboxylic acids is 1. The summed E-state index contributed by atoms with van der Waals surface area (Å²) in [5.41, 5.74) is 4.78. The van der Waals surface area contributed by atoms with Gasteiger partial charge in [0.15, 0.2) is 0 Å². The summed E-state index contributed by atoms with van der Waals surface area (Å²) in [5.74, 6) is 0.0928. The van der Waals surface area contributed by atoms with Crippen LogP contribution in [-0.4, -0.2) is 47.3 Å². The molecular formula is C25H35N3O2. The Labute approximate surface area is 180 Å². The average molecular weight is 410 g/mol. The summed E-state index contributed by atoms with van der Waals surface area (Å²) in [6, 6.07) is 12.6. The third-order valence-corrected chi connectivity index (χ3v) is 6.54. The fraction of sp³-hybridized carbons (Fsp3) is 0.520. The number of nitrogens with zero attached hydrogens (tertiary/aromatic N) is 2. The molecule has 1 aliphatic heterocycles. The summed E-state index contributed by atoms with van der Waals surface area (Å²) < 4.78 is 0. The van der Waals surface area contributed by atoms with E-state index in [9.17, 15) is 9.90 Å². The van der Waals surface area contributed by atoms with Crippen LogP contribution < -0.4 is 5.32 Å². The summed E-state index contributed by atoms with van der Waals surface area (Å²) in [4.78, 5) is 18.3. The molecule has 0 saturated carbocycles. The number of pyridine rings is 1. The second-order valence-corrected chi connectivity index (χ2v) is 8.16. The first-order chi connectivity index (χ1) is 14.7. The number of amides is 1. The van der Waals surface area contributed by atoms with Crippen LogP contribution in [-0.2, 0) is 6.42 Å². The van der Waals surface area contributed by atoms with E-state index in [1.807, 2.05) is 39.1 Å². The summed E-state index contributed by atoms with van der Waals surface area (Å²) >= 11 is 0. The van der Waals surface area contributed by atoms with E-state index in [0.29, 0.717) is 23.6 Å². The summed E-state index contributed by atoms with van der Waals surface area (Å²) in [6.07, 6.45) is 6.58. The zero-order chi connectivity index (χ0) is 21.6. The lowest BCUT2D eigenvalue weighted by Crippen LogP contribution is -2.41. The van der Waals surface area contributed by atoms with Crippen LogP contribution >= 0.6 is 0 Å². The van der Waals surface area contributed by atoms with Crippen molar-refractivity contribution in [2.24, 2.45) is 5.41 Å². The maximum Gasteiger partial charge on any atom is 0.274 e. The van der Waals surface area contributed by atoms with Gasteiger partial charge in [-0.3, -0.25) is 9.78 Å². The maximum atomic E-state index is 12.4. The van der Waals surface area contributed by atoms with Crippen LogP contribution in [0.3, 0.4) is 0 Å². The highest BCUT2D eigenvalue weighted by atomic mass is 16.3. The molecule has 1 aromatic carbocycles. The standard InChI is InChI=1S/C23H29N3O2.C2H6/c1-2-26(16-27)22(28)21-8-7-18(15-25-21)20-14-23(9-11-24-12-10-23)13-17-5-3-4-6-19(17)20;1-2/h3-8,15,20,24,27H,2,9-14,16H2,1H3;1-2H3. The van der Waals surface area contributed by atoms with Crippen LogP contribution in [0.1, 0.15) is 73.1 Å². The van der Waals surface area contributed by atoms with Gasteiger partial charge in [-0.05, 0) is 73.9 Å². The predicted octanol–water partition coefficient (Wildman–Crippen LogP) is 3.97. The number of aliphatic hydroxyl groups is 1. The number of benzene rings is 1. The van der Waals surface area contributed by atoms with Crippen molar-refractivity contribution in [3.05, 3.63) is 65.0 Å². The molecule has 2 heterocycles. The minimum Gasteiger partial charge on any atom is -0.376 e. The molecule has 5 nitrogen and oxygen atoms in total. The quantitative estimate of drug-likeness (QED) is 0.750. The number of carbonyl (C=O) groups is 1. The lowest BCUT2D eigenvalue weighted by molar-refractivity contribution is 0.0565. The Hall–Kier alpha value is -2.24. The van der Waals surface area contributed by atoms with Gasteiger partial charge < -0.3 is 15.3 Å². The molecule has 1 amide bonds. The Morgan fingerprint density at radius 3 is 2.57 bits per heavy atom. The summed E-state index contributed by atoms with van der Waals surface area (Å²) in [6.45, 7) is 8.21. The molecule has 2 N–H and O–H groups in total. The number of aromatic nitrogens is 1. The van der Waals surface area contributed by atoms with Gasteiger partial charge in [-0.15, -0.1) is 0 Å². The molecule has 1 saturated heterocycles. The van der Waals surface area contributed by atoms with Gasteiger partial charge in [-0.1, -0.05) is 44.2 Å². The molecule has 5 heteroatoms. The Morgan fingerprint density at radius 1 is 1.20 bits per heavy atom. The second kappa shape index (κ2) is 10.2. The second-order valence-electron chi connectivity index (χ2n) is 8.16. The fourth-order valence-corrected chi connectivity index (χ4v) is 4.90. The van der Waals surface area contributed by atoms with E-state index in [1.165, 1.54) is 34.4 Å². The first kappa shape index (κ1) is 22.4. The molecule has 1 fully saturated rings. The summed E-state index contributed by atoms with van der Waals surface area (Å²) in [5, 5.41) is 12.8. The highest BCUT2D eigenvalue weighted by Gasteiger charge is 2.40. The van der Waals surface area contributed by atoms with Crippen LogP contribution in [0.15, 0.2) is 42.6 Å². The van der Waals surface area contributed by atoms with E-state index in [0.717, 1.165) is 25.9 Å². The Morgan fingerprint density at radius 2 is 1.93 bits per heavy atom. The fourth-order valence-electron chi connectivity index (χ4n) is 4.90. The monoisotopic (exact) mass is 409 g/mol. The van der Waals surface area contributed by atoms with Gasteiger partial charge in [0, 0.05) is 18.7 Å². The summed E-state index contributed by atoms with van der Waals surface area (Å²) in [7, 11) is 0. The van der Waals surface area contributed by atoms with Crippen molar-refractivity contribution in [3.63, 3.8) is 0 Å². The number of piperidine rings is 1. The first-order valence-corrected chi connectivity index (χ1v) is 11.3. The number of fused-ring (bicyclic) bond motifs is 1.